The lowest BCUT2D eigenvalue weighted by molar-refractivity contribution is -0.523. The second kappa shape index (κ2) is 5.20. The Kier molecular flexibility index (Phi) is 3.82. The van der Waals surface area contributed by atoms with E-state index in [-0.39, 0.29) is 6.54 Å². The number of fused-ring (bicyclic) bond motifs is 1. The van der Waals surface area contributed by atoms with Crippen molar-refractivity contribution in [3.63, 3.8) is 0 Å². The van der Waals surface area contributed by atoms with Crippen molar-refractivity contribution >= 4 is 16.3 Å². The summed E-state index contributed by atoms with van der Waals surface area (Å²) in [5, 5.41) is -0.820. The predicted molar refractivity (Wildman–Crippen MR) is 69.1 cm³/mol. The Balaban J connectivity index is 2.20. The summed E-state index contributed by atoms with van der Waals surface area (Å²) in [5.41, 5.74) is 2.38. The van der Waals surface area contributed by atoms with Gasteiger partial charge in [0.1, 0.15) is 21.9 Å². The third kappa shape index (κ3) is 2.97. The first-order chi connectivity index (χ1) is 8.50. The fourth-order valence-electron chi connectivity index (χ4n) is 2.24. The van der Waals surface area contributed by atoms with Gasteiger partial charge in [-0.05, 0) is 18.1 Å². The van der Waals surface area contributed by atoms with E-state index in [0.29, 0.717) is 6.42 Å². The average molecular weight is 267 g/mol. The molecule has 5 heteroatoms. The number of hydrogen-bond donors (Lipinski definition) is 0. The van der Waals surface area contributed by atoms with Gasteiger partial charge in [0.2, 0.25) is 0 Å². The Bertz CT molecular complexity index is 563. The molecular formula is C13H17NO3S. The molecule has 2 rings (SSSR count). The van der Waals surface area contributed by atoms with Crippen LogP contribution in [0.3, 0.4) is 0 Å². The number of nitrogens with zero attached hydrogens (tertiary/aromatic N) is 1. The fraction of sp³-hybridized carbons (Fsp3) is 0.462. The first kappa shape index (κ1) is 13.2. The van der Waals surface area contributed by atoms with Gasteiger partial charge in [0.15, 0.2) is 12.8 Å². The van der Waals surface area contributed by atoms with Gasteiger partial charge in [-0.2, -0.15) is 0 Å². The van der Waals surface area contributed by atoms with Crippen LogP contribution in [0.25, 0.3) is 0 Å². The molecule has 0 aliphatic carbocycles. The first-order valence-electron chi connectivity index (χ1n) is 6.12. The van der Waals surface area contributed by atoms with E-state index < -0.39 is 15.4 Å². The number of hydrogen-bond acceptors (Lipinski definition) is 3. The van der Waals surface area contributed by atoms with Crippen LogP contribution in [-0.2, 0) is 16.5 Å². The molecule has 1 aliphatic rings. The highest BCUT2D eigenvalue weighted by molar-refractivity contribution is 7.86. The number of rotatable bonds is 4. The van der Waals surface area contributed by atoms with Crippen LogP contribution in [0.2, 0.25) is 0 Å². The Morgan fingerprint density at radius 3 is 2.78 bits per heavy atom. The highest BCUT2D eigenvalue weighted by Gasteiger charge is 2.23. The molecule has 0 saturated heterocycles. The van der Waals surface area contributed by atoms with Gasteiger partial charge in [0.25, 0.3) is 0 Å². The summed E-state index contributed by atoms with van der Waals surface area (Å²) < 4.78 is 35.2. The molecule has 0 spiro atoms. The molecule has 4 nitrogen and oxygen atoms in total. The monoisotopic (exact) mass is 267 g/mol. The Morgan fingerprint density at radius 1 is 1.39 bits per heavy atom. The van der Waals surface area contributed by atoms with Crippen molar-refractivity contribution in [2.45, 2.75) is 25.0 Å². The van der Waals surface area contributed by atoms with Gasteiger partial charge in [0, 0.05) is 12.0 Å². The molecule has 1 heterocycles. The fourth-order valence-corrected chi connectivity index (χ4v) is 3.03. The molecule has 0 aromatic heterocycles. The van der Waals surface area contributed by atoms with Crippen LogP contribution in [0.15, 0.2) is 24.3 Å². The van der Waals surface area contributed by atoms with E-state index in [1.807, 2.05) is 29.0 Å². The standard InChI is InChI=1S/C13H17NO3S/c1-2-13(18(15,16)17)10-14-8-7-11-5-3-4-6-12(11)9-14/h3-6,9,13H,2,7-8,10H2,1H3. The van der Waals surface area contributed by atoms with Crippen LogP contribution in [0.4, 0.5) is 0 Å². The van der Waals surface area contributed by atoms with E-state index in [9.17, 15) is 13.0 Å². The first-order valence-corrected chi connectivity index (χ1v) is 7.59. The Hall–Kier alpha value is -1.20. The van der Waals surface area contributed by atoms with Crippen molar-refractivity contribution in [1.82, 2.24) is 0 Å². The average Bonchev–Trinajstić information content (AvgIpc) is 2.34. The zero-order valence-electron chi connectivity index (χ0n) is 10.4. The van der Waals surface area contributed by atoms with E-state index in [4.69, 9.17) is 0 Å². The summed E-state index contributed by atoms with van der Waals surface area (Å²) in [6.07, 6.45) is 3.20. The van der Waals surface area contributed by atoms with Gasteiger partial charge in [0.05, 0.1) is 0 Å². The van der Waals surface area contributed by atoms with Crippen LogP contribution in [0.1, 0.15) is 24.5 Å². The molecular weight excluding hydrogens is 250 g/mol. The molecule has 0 fully saturated rings. The number of benzene rings is 1. The van der Waals surface area contributed by atoms with Crippen molar-refractivity contribution < 1.29 is 17.5 Å². The van der Waals surface area contributed by atoms with Gasteiger partial charge in [-0.1, -0.05) is 25.1 Å². The Labute approximate surface area is 108 Å². The molecule has 0 amide bonds. The SMILES string of the molecule is CCC(C[N+]1=Cc2ccccc2CC1)S(=O)(=O)[O-]. The van der Waals surface area contributed by atoms with Crippen LogP contribution in [-0.4, -0.2) is 42.1 Å². The maximum atomic E-state index is 11.1. The third-order valence-electron chi connectivity index (χ3n) is 3.35. The van der Waals surface area contributed by atoms with Gasteiger partial charge in [-0.25, -0.2) is 13.0 Å². The summed E-state index contributed by atoms with van der Waals surface area (Å²) in [6.45, 7) is 2.79. The highest BCUT2D eigenvalue weighted by Crippen LogP contribution is 2.13. The molecule has 0 radical (unpaired) electrons. The molecule has 1 aliphatic heterocycles. The van der Waals surface area contributed by atoms with Gasteiger partial charge >= 0.3 is 0 Å². The van der Waals surface area contributed by atoms with Gasteiger partial charge in [-0.15, -0.1) is 0 Å². The smallest absolute Gasteiger partial charge is 0.171 e. The summed E-state index contributed by atoms with van der Waals surface area (Å²) in [7, 11) is -4.20. The molecule has 0 saturated carbocycles. The molecule has 1 aromatic rings. The topological polar surface area (TPSA) is 60.2 Å². The minimum atomic E-state index is -4.20. The van der Waals surface area contributed by atoms with Crippen LogP contribution in [0, 0.1) is 0 Å². The predicted octanol–water partition coefficient (Wildman–Crippen LogP) is 0.998. The Morgan fingerprint density at radius 2 is 2.11 bits per heavy atom. The minimum Gasteiger partial charge on any atom is -0.748 e. The molecule has 18 heavy (non-hydrogen) atoms. The molecule has 0 bridgehead atoms. The van der Waals surface area contributed by atoms with E-state index in [2.05, 4.69) is 6.07 Å². The summed E-state index contributed by atoms with van der Waals surface area (Å²) in [6, 6.07) is 8.04. The summed E-state index contributed by atoms with van der Waals surface area (Å²) in [5.74, 6) is 0. The maximum Gasteiger partial charge on any atom is 0.171 e. The summed E-state index contributed by atoms with van der Waals surface area (Å²) in [4.78, 5) is 0. The maximum absolute atomic E-state index is 11.1. The van der Waals surface area contributed by atoms with Crippen molar-refractivity contribution in [1.29, 1.82) is 0 Å². The van der Waals surface area contributed by atoms with Crippen molar-refractivity contribution in [3.8, 4) is 0 Å². The van der Waals surface area contributed by atoms with Crippen molar-refractivity contribution in [3.05, 3.63) is 35.4 Å². The lowest BCUT2D eigenvalue weighted by Gasteiger charge is -2.19. The van der Waals surface area contributed by atoms with Crippen LogP contribution < -0.4 is 0 Å². The van der Waals surface area contributed by atoms with Gasteiger partial charge in [-0.3, -0.25) is 0 Å². The third-order valence-corrected chi connectivity index (χ3v) is 4.65. The molecule has 98 valence electrons. The van der Waals surface area contributed by atoms with E-state index in [1.165, 1.54) is 5.56 Å². The highest BCUT2D eigenvalue weighted by atomic mass is 32.2. The largest absolute Gasteiger partial charge is 0.748 e. The van der Waals surface area contributed by atoms with Crippen LogP contribution in [0.5, 0.6) is 0 Å². The lowest BCUT2D eigenvalue weighted by atomic mass is 10.0. The van der Waals surface area contributed by atoms with E-state index >= 15 is 0 Å². The van der Waals surface area contributed by atoms with Gasteiger partial charge < -0.3 is 4.55 Å². The quantitative estimate of drug-likeness (QED) is 0.604. The van der Waals surface area contributed by atoms with Crippen molar-refractivity contribution in [2.24, 2.45) is 0 Å². The second-order valence-electron chi connectivity index (χ2n) is 4.60. The zero-order chi connectivity index (χ0) is 13.2. The zero-order valence-corrected chi connectivity index (χ0v) is 11.2. The summed E-state index contributed by atoms with van der Waals surface area (Å²) >= 11 is 0. The molecule has 0 N–H and O–H groups in total. The molecule has 1 aromatic carbocycles. The molecule has 1 unspecified atom stereocenters. The normalized spacial score (nSPS) is 16.9. The molecule has 1 atom stereocenters. The van der Waals surface area contributed by atoms with Crippen molar-refractivity contribution in [2.75, 3.05) is 13.1 Å². The van der Waals surface area contributed by atoms with E-state index in [1.54, 1.807) is 6.92 Å². The van der Waals surface area contributed by atoms with Crippen LogP contribution >= 0.6 is 0 Å². The second-order valence-corrected chi connectivity index (χ2v) is 6.25. The van der Waals surface area contributed by atoms with E-state index in [0.717, 1.165) is 18.5 Å². The minimum absolute atomic E-state index is 0.288. The lowest BCUT2D eigenvalue weighted by Crippen LogP contribution is -2.34.